The number of unbranched alkanes of at least 4 members (excludes halogenated alkanes) is 1. The number of nitriles is 1. The quantitative estimate of drug-likeness (QED) is 0.698. The summed E-state index contributed by atoms with van der Waals surface area (Å²) in [6, 6.07) is 2.27. The third kappa shape index (κ3) is 8.87. The second-order valence-corrected chi connectivity index (χ2v) is 7.31. The largest absolute Gasteiger partial charge is 0.325 e. The lowest BCUT2D eigenvalue weighted by atomic mass is 9.89. The van der Waals surface area contributed by atoms with Crippen LogP contribution in [0, 0.1) is 16.7 Å². The van der Waals surface area contributed by atoms with Gasteiger partial charge in [-0.2, -0.15) is 5.26 Å². The average molecular weight is 244 g/mol. The highest BCUT2D eigenvalue weighted by atomic mass is 32.2. The Balaban J connectivity index is 3.69. The minimum atomic E-state index is -0.828. The number of rotatable bonds is 7. The fraction of sp³-hybridized carbons (Fsp3) is 0.917. The highest BCUT2D eigenvalue weighted by Crippen LogP contribution is 2.21. The zero-order valence-electron chi connectivity index (χ0n) is 10.9. The van der Waals surface area contributed by atoms with Crippen molar-refractivity contribution in [2.24, 2.45) is 11.1 Å². The van der Waals surface area contributed by atoms with Crippen molar-refractivity contribution in [2.75, 3.05) is 11.5 Å². The van der Waals surface area contributed by atoms with E-state index in [0.717, 1.165) is 19.3 Å². The SMILES string of the molecule is CC(C)(N)CS(=O)CCCCC(C)(C)C#N. The van der Waals surface area contributed by atoms with Crippen LogP contribution in [0.1, 0.15) is 47.0 Å². The van der Waals surface area contributed by atoms with Crippen LogP contribution >= 0.6 is 0 Å². The van der Waals surface area contributed by atoms with Gasteiger partial charge in [0.15, 0.2) is 0 Å². The van der Waals surface area contributed by atoms with Gasteiger partial charge in [-0.25, -0.2) is 0 Å². The van der Waals surface area contributed by atoms with Crippen LogP contribution in [-0.4, -0.2) is 21.3 Å². The minimum Gasteiger partial charge on any atom is -0.325 e. The molecule has 0 saturated heterocycles. The molecule has 0 aromatic heterocycles. The van der Waals surface area contributed by atoms with E-state index in [-0.39, 0.29) is 11.0 Å². The standard InChI is InChI=1S/C12H24N2OS/c1-11(2,9-13)7-5-6-8-16(15)10-12(3,4)14/h5-8,10,14H2,1-4H3. The van der Waals surface area contributed by atoms with E-state index in [4.69, 9.17) is 11.0 Å². The summed E-state index contributed by atoms with van der Waals surface area (Å²) in [5.41, 5.74) is 5.19. The summed E-state index contributed by atoms with van der Waals surface area (Å²) in [6.45, 7) is 7.66. The van der Waals surface area contributed by atoms with Crippen LogP contribution in [0.2, 0.25) is 0 Å². The second-order valence-electron chi connectivity index (χ2n) is 5.73. The van der Waals surface area contributed by atoms with Gasteiger partial charge in [-0.15, -0.1) is 0 Å². The molecule has 0 bridgehead atoms. The Morgan fingerprint density at radius 1 is 1.25 bits per heavy atom. The summed E-state index contributed by atoms with van der Waals surface area (Å²) in [6.07, 6.45) is 2.73. The van der Waals surface area contributed by atoms with Gasteiger partial charge in [0.05, 0.1) is 11.5 Å². The predicted molar refractivity (Wildman–Crippen MR) is 69.4 cm³/mol. The molecule has 0 fully saturated rings. The predicted octanol–water partition coefficient (Wildman–Crippen LogP) is 2.19. The maximum atomic E-state index is 11.6. The normalized spacial score (nSPS) is 14.5. The van der Waals surface area contributed by atoms with Gasteiger partial charge in [0, 0.05) is 27.8 Å². The molecule has 94 valence electrons. The van der Waals surface area contributed by atoms with Crippen LogP contribution in [0.15, 0.2) is 0 Å². The van der Waals surface area contributed by atoms with Gasteiger partial charge < -0.3 is 5.73 Å². The second kappa shape index (κ2) is 6.36. The van der Waals surface area contributed by atoms with Gasteiger partial charge in [0.1, 0.15) is 0 Å². The lowest BCUT2D eigenvalue weighted by Gasteiger charge is -2.18. The summed E-state index contributed by atoms with van der Waals surface area (Å²) in [5, 5.41) is 8.83. The highest BCUT2D eigenvalue weighted by molar-refractivity contribution is 7.85. The molecule has 0 radical (unpaired) electrons. The van der Waals surface area contributed by atoms with E-state index in [9.17, 15) is 4.21 Å². The Bertz CT molecular complexity index is 274. The van der Waals surface area contributed by atoms with E-state index >= 15 is 0 Å². The van der Waals surface area contributed by atoms with Crippen LogP contribution < -0.4 is 5.73 Å². The minimum absolute atomic E-state index is 0.255. The monoisotopic (exact) mass is 244 g/mol. The molecule has 3 nitrogen and oxygen atoms in total. The van der Waals surface area contributed by atoms with Gasteiger partial charge in [0.2, 0.25) is 0 Å². The molecular weight excluding hydrogens is 220 g/mol. The Morgan fingerprint density at radius 2 is 1.81 bits per heavy atom. The fourth-order valence-electron chi connectivity index (χ4n) is 1.37. The Morgan fingerprint density at radius 3 is 2.25 bits per heavy atom. The molecule has 0 aromatic rings. The van der Waals surface area contributed by atoms with Crippen molar-refractivity contribution in [1.29, 1.82) is 5.26 Å². The first-order chi connectivity index (χ1) is 7.16. The molecule has 1 unspecified atom stereocenters. The lowest BCUT2D eigenvalue weighted by molar-refractivity contribution is 0.432. The molecule has 0 heterocycles. The van der Waals surface area contributed by atoms with Crippen LogP contribution in [-0.2, 0) is 10.8 Å². The number of hydrogen-bond donors (Lipinski definition) is 1. The summed E-state index contributed by atoms with van der Waals surface area (Å²) in [4.78, 5) is 0. The van der Waals surface area contributed by atoms with Crippen molar-refractivity contribution in [3.05, 3.63) is 0 Å². The van der Waals surface area contributed by atoms with Crippen LogP contribution in [0.3, 0.4) is 0 Å². The van der Waals surface area contributed by atoms with E-state index in [1.165, 1.54) is 0 Å². The van der Waals surface area contributed by atoms with Gasteiger partial charge in [0.25, 0.3) is 0 Å². The molecule has 0 rings (SSSR count). The fourth-order valence-corrected chi connectivity index (χ4v) is 2.87. The molecule has 4 heteroatoms. The third-order valence-electron chi connectivity index (χ3n) is 2.26. The molecule has 0 aliphatic carbocycles. The van der Waals surface area contributed by atoms with Gasteiger partial charge in [-0.3, -0.25) is 4.21 Å². The first kappa shape index (κ1) is 15.6. The first-order valence-electron chi connectivity index (χ1n) is 5.71. The van der Waals surface area contributed by atoms with Crippen LogP contribution in [0.25, 0.3) is 0 Å². The van der Waals surface area contributed by atoms with Crippen molar-refractivity contribution in [2.45, 2.75) is 52.5 Å². The van der Waals surface area contributed by atoms with Crippen molar-refractivity contribution in [3.8, 4) is 6.07 Å². The molecule has 1 atom stereocenters. The third-order valence-corrected chi connectivity index (χ3v) is 4.07. The van der Waals surface area contributed by atoms with Crippen molar-refractivity contribution >= 4 is 10.8 Å². The summed E-state index contributed by atoms with van der Waals surface area (Å²) < 4.78 is 11.6. The molecule has 0 aliphatic rings. The average Bonchev–Trinajstić information content (AvgIpc) is 2.10. The highest BCUT2D eigenvalue weighted by Gasteiger charge is 2.17. The van der Waals surface area contributed by atoms with Crippen LogP contribution in [0.5, 0.6) is 0 Å². The molecule has 16 heavy (non-hydrogen) atoms. The zero-order valence-corrected chi connectivity index (χ0v) is 11.7. The van der Waals surface area contributed by atoms with E-state index in [0.29, 0.717) is 11.5 Å². The number of nitrogens with two attached hydrogens (primary N) is 1. The van der Waals surface area contributed by atoms with Gasteiger partial charge >= 0.3 is 0 Å². The molecule has 0 aliphatic heterocycles. The Labute approximate surface area is 102 Å². The molecule has 0 aromatic carbocycles. The Hall–Kier alpha value is -0.400. The van der Waals surface area contributed by atoms with Crippen LogP contribution in [0.4, 0.5) is 0 Å². The summed E-state index contributed by atoms with van der Waals surface area (Å²) in [7, 11) is -0.828. The zero-order chi connectivity index (χ0) is 12.8. The topological polar surface area (TPSA) is 66.9 Å². The van der Waals surface area contributed by atoms with E-state index in [1.54, 1.807) is 0 Å². The van der Waals surface area contributed by atoms with Crippen molar-refractivity contribution in [1.82, 2.24) is 0 Å². The van der Waals surface area contributed by atoms with E-state index < -0.39 is 10.8 Å². The summed E-state index contributed by atoms with van der Waals surface area (Å²) in [5.74, 6) is 1.25. The molecule has 0 spiro atoms. The van der Waals surface area contributed by atoms with Gasteiger partial charge in [-0.1, -0.05) is 6.42 Å². The maximum Gasteiger partial charge on any atom is 0.0683 e. The van der Waals surface area contributed by atoms with Crippen molar-refractivity contribution in [3.63, 3.8) is 0 Å². The summed E-state index contributed by atoms with van der Waals surface area (Å²) >= 11 is 0. The molecular formula is C12H24N2OS. The number of nitrogens with zero attached hydrogens (tertiary/aromatic N) is 1. The van der Waals surface area contributed by atoms with Crippen molar-refractivity contribution < 1.29 is 4.21 Å². The first-order valence-corrected chi connectivity index (χ1v) is 7.20. The van der Waals surface area contributed by atoms with E-state index in [1.807, 2.05) is 27.7 Å². The lowest BCUT2D eigenvalue weighted by Crippen LogP contribution is -2.38. The molecule has 0 saturated carbocycles. The smallest absolute Gasteiger partial charge is 0.0683 e. The van der Waals surface area contributed by atoms with E-state index in [2.05, 4.69) is 6.07 Å². The van der Waals surface area contributed by atoms with Gasteiger partial charge in [-0.05, 0) is 40.5 Å². The Kier molecular flexibility index (Phi) is 6.20. The molecule has 2 N–H and O–H groups in total. The molecule has 0 amide bonds. The maximum absolute atomic E-state index is 11.6. The number of hydrogen-bond acceptors (Lipinski definition) is 3.